The lowest BCUT2D eigenvalue weighted by atomic mass is 10.0. The zero-order chi connectivity index (χ0) is 16.6. The lowest BCUT2D eigenvalue weighted by Crippen LogP contribution is -2.41. The molecule has 2 amide bonds. The van der Waals surface area contributed by atoms with Crippen LogP contribution in [0.5, 0.6) is 0 Å². The number of hydrazine groups is 1. The summed E-state index contributed by atoms with van der Waals surface area (Å²) in [5.74, 6) is -1.33. The minimum Gasteiger partial charge on any atom is -0.268 e. The van der Waals surface area contributed by atoms with Crippen LogP contribution in [-0.2, 0) is 9.59 Å². The van der Waals surface area contributed by atoms with E-state index in [1.54, 1.807) is 0 Å². The van der Waals surface area contributed by atoms with Gasteiger partial charge >= 0.3 is 0 Å². The largest absolute Gasteiger partial charge is 0.276 e. The second-order valence-electron chi connectivity index (χ2n) is 4.61. The molecule has 0 atom stereocenters. The summed E-state index contributed by atoms with van der Waals surface area (Å²) in [7, 11) is 2.95. The van der Waals surface area contributed by atoms with Gasteiger partial charge in [0.25, 0.3) is 23.2 Å². The molecule has 0 radical (unpaired) electrons. The van der Waals surface area contributed by atoms with Crippen molar-refractivity contribution in [1.82, 2.24) is 10.0 Å². The fourth-order valence-corrected chi connectivity index (χ4v) is 2.01. The number of hydrogen-bond donors (Lipinski definition) is 0. The first-order chi connectivity index (χ1) is 10.2. The summed E-state index contributed by atoms with van der Waals surface area (Å²) in [6, 6.07) is 2.82. The Bertz CT molecular complexity index is 707. The maximum Gasteiger partial charge on any atom is 0.276 e. The summed E-state index contributed by atoms with van der Waals surface area (Å²) in [6.07, 6.45) is 0.991. The number of rotatable bonds is 4. The number of imide groups is 1. The van der Waals surface area contributed by atoms with Gasteiger partial charge in [0, 0.05) is 37.9 Å². The van der Waals surface area contributed by atoms with Gasteiger partial charge in [-0.25, -0.2) is 10.0 Å². The topological polar surface area (TPSA) is 127 Å². The van der Waals surface area contributed by atoms with E-state index >= 15 is 0 Å². The van der Waals surface area contributed by atoms with E-state index in [4.69, 9.17) is 0 Å². The molecule has 10 heteroatoms. The average molecular weight is 306 g/mol. The Morgan fingerprint density at radius 3 is 1.86 bits per heavy atom. The summed E-state index contributed by atoms with van der Waals surface area (Å²) in [5.41, 5.74) is -1.25. The molecule has 0 unspecified atom stereocenters. The molecule has 0 saturated heterocycles. The summed E-state index contributed by atoms with van der Waals surface area (Å²) in [6.45, 7) is 0. The number of amides is 2. The minimum atomic E-state index is -0.804. The first-order valence-electron chi connectivity index (χ1n) is 5.94. The monoisotopic (exact) mass is 306 g/mol. The molecular weight excluding hydrogens is 296 g/mol. The molecule has 1 aliphatic heterocycles. The molecular formula is C12H10N4O6. The minimum absolute atomic E-state index is 0.0522. The van der Waals surface area contributed by atoms with Crippen LogP contribution >= 0.6 is 0 Å². The Morgan fingerprint density at radius 2 is 1.50 bits per heavy atom. The maximum atomic E-state index is 12.2. The van der Waals surface area contributed by atoms with Gasteiger partial charge in [-0.2, -0.15) is 0 Å². The van der Waals surface area contributed by atoms with Crippen molar-refractivity contribution in [3.05, 3.63) is 50.1 Å². The van der Waals surface area contributed by atoms with Crippen molar-refractivity contribution in [1.29, 1.82) is 0 Å². The summed E-state index contributed by atoms with van der Waals surface area (Å²) in [5, 5.41) is 23.8. The van der Waals surface area contributed by atoms with Crippen molar-refractivity contribution >= 4 is 28.8 Å². The molecule has 1 heterocycles. The van der Waals surface area contributed by atoms with Gasteiger partial charge in [-0.3, -0.25) is 29.8 Å². The number of carbonyl (C=O) groups is 2. The Morgan fingerprint density at radius 1 is 1.00 bits per heavy atom. The van der Waals surface area contributed by atoms with Gasteiger partial charge in [0.2, 0.25) is 0 Å². The zero-order valence-electron chi connectivity index (χ0n) is 11.5. The number of hydrogen-bond acceptors (Lipinski definition) is 7. The Labute approximate surface area is 123 Å². The van der Waals surface area contributed by atoms with Crippen LogP contribution in [0.3, 0.4) is 0 Å². The standard InChI is InChI=1S/C12H10N4O6/c1-13(2)14-11(17)6-10(12(14)18)7-3-8(15(19)20)5-9(4-7)16(21)22/h3-6H,1-2H3. The van der Waals surface area contributed by atoms with Gasteiger partial charge in [0.15, 0.2) is 0 Å². The van der Waals surface area contributed by atoms with E-state index in [1.807, 2.05) is 0 Å². The molecule has 0 aliphatic carbocycles. The van der Waals surface area contributed by atoms with Crippen molar-refractivity contribution in [2.24, 2.45) is 0 Å². The van der Waals surface area contributed by atoms with E-state index in [2.05, 4.69) is 0 Å². The third kappa shape index (κ3) is 2.54. The second-order valence-corrected chi connectivity index (χ2v) is 4.61. The van der Waals surface area contributed by atoms with Crippen LogP contribution in [0.25, 0.3) is 5.57 Å². The average Bonchev–Trinajstić information content (AvgIpc) is 2.73. The SMILES string of the molecule is CN(C)N1C(=O)C=C(c2cc([N+](=O)[O-])cc([N+](=O)[O-])c2)C1=O. The van der Waals surface area contributed by atoms with Crippen LogP contribution in [0, 0.1) is 20.2 Å². The first kappa shape index (κ1) is 15.3. The number of nitro benzene ring substituents is 2. The molecule has 10 nitrogen and oxygen atoms in total. The molecule has 2 rings (SSSR count). The smallest absolute Gasteiger partial charge is 0.268 e. The predicted octanol–water partition coefficient (Wildman–Crippen LogP) is 0.732. The molecule has 0 bridgehead atoms. The molecule has 0 aromatic heterocycles. The maximum absolute atomic E-state index is 12.2. The highest BCUT2D eigenvalue weighted by atomic mass is 16.6. The lowest BCUT2D eigenvalue weighted by molar-refractivity contribution is -0.394. The number of nitro groups is 2. The van der Waals surface area contributed by atoms with Crippen molar-refractivity contribution < 1.29 is 19.4 Å². The van der Waals surface area contributed by atoms with E-state index in [9.17, 15) is 29.8 Å². The Hall–Kier alpha value is -3.14. The third-order valence-electron chi connectivity index (χ3n) is 2.93. The van der Waals surface area contributed by atoms with E-state index < -0.39 is 33.0 Å². The quantitative estimate of drug-likeness (QED) is 0.455. The van der Waals surface area contributed by atoms with Gasteiger partial charge in [-0.05, 0) is 0 Å². The van der Waals surface area contributed by atoms with E-state index in [-0.39, 0.29) is 11.1 Å². The van der Waals surface area contributed by atoms with E-state index in [0.717, 1.165) is 29.3 Å². The Balaban J connectivity index is 2.56. The highest BCUT2D eigenvalue weighted by Gasteiger charge is 2.34. The van der Waals surface area contributed by atoms with Crippen LogP contribution in [0.4, 0.5) is 11.4 Å². The normalized spacial score (nSPS) is 14.5. The van der Waals surface area contributed by atoms with Crippen molar-refractivity contribution in [2.75, 3.05) is 14.1 Å². The predicted molar refractivity (Wildman–Crippen MR) is 73.3 cm³/mol. The molecule has 1 aromatic rings. The highest BCUT2D eigenvalue weighted by molar-refractivity contribution is 6.33. The number of non-ortho nitro benzene ring substituents is 2. The number of benzene rings is 1. The highest BCUT2D eigenvalue weighted by Crippen LogP contribution is 2.30. The van der Waals surface area contributed by atoms with Crippen LogP contribution < -0.4 is 0 Å². The van der Waals surface area contributed by atoms with Crippen LogP contribution in [-0.4, -0.2) is 45.8 Å². The van der Waals surface area contributed by atoms with Crippen molar-refractivity contribution in [3.63, 3.8) is 0 Å². The number of carbonyl (C=O) groups excluding carboxylic acids is 2. The molecule has 0 spiro atoms. The molecule has 0 fully saturated rings. The summed E-state index contributed by atoms with van der Waals surface area (Å²) >= 11 is 0. The fourth-order valence-electron chi connectivity index (χ4n) is 2.01. The fraction of sp³-hybridized carbons (Fsp3) is 0.167. The summed E-state index contributed by atoms with van der Waals surface area (Å²) in [4.78, 5) is 44.0. The van der Waals surface area contributed by atoms with E-state index in [1.165, 1.54) is 19.1 Å². The molecule has 0 N–H and O–H groups in total. The zero-order valence-corrected chi connectivity index (χ0v) is 11.5. The number of nitrogens with zero attached hydrogens (tertiary/aromatic N) is 4. The second kappa shape index (κ2) is 5.33. The molecule has 114 valence electrons. The van der Waals surface area contributed by atoms with Gasteiger partial charge < -0.3 is 0 Å². The third-order valence-corrected chi connectivity index (χ3v) is 2.93. The Kier molecular flexibility index (Phi) is 3.70. The van der Waals surface area contributed by atoms with E-state index in [0.29, 0.717) is 0 Å². The first-order valence-corrected chi connectivity index (χ1v) is 5.94. The van der Waals surface area contributed by atoms with Crippen LogP contribution in [0.2, 0.25) is 0 Å². The molecule has 1 aromatic carbocycles. The molecule has 0 saturated carbocycles. The molecule has 22 heavy (non-hydrogen) atoms. The van der Waals surface area contributed by atoms with Gasteiger partial charge in [0.1, 0.15) is 0 Å². The van der Waals surface area contributed by atoms with Gasteiger partial charge in [-0.1, -0.05) is 0 Å². The lowest BCUT2D eigenvalue weighted by Gasteiger charge is -2.21. The van der Waals surface area contributed by atoms with Gasteiger partial charge in [0.05, 0.1) is 21.5 Å². The van der Waals surface area contributed by atoms with Crippen molar-refractivity contribution in [2.45, 2.75) is 0 Å². The molecule has 1 aliphatic rings. The summed E-state index contributed by atoms with van der Waals surface area (Å²) < 4.78 is 0. The van der Waals surface area contributed by atoms with Crippen molar-refractivity contribution in [3.8, 4) is 0 Å². The van der Waals surface area contributed by atoms with Gasteiger partial charge in [-0.15, -0.1) is 0 Å². The van der Waals surface area contributed by atoms with Crippen LogP contribution in [0.1, 0.15) is 5.56 Å². The van der Waals surface area contributed by atoms with Crippen LogP contribution in [0.15, 0.2) is 24.3 Å².